The summed E-state index contributed by atoms with van der Waals surface area (Å²) in [6.07, 6.45) is 0. The zero-order chi connectivity index (χ0) is 12.4. The molecule has 0 fully saturated rings. The predicted octanol–water partition coefficient (Wildman–Crippen LogP) is 2.77. The van der Waals surface area contributed by atoms with E-state index in [4.69, 9.17) is 9.47 Å². The summed E-state index contributed by atoms with van der Waals surface area (Å²) in [7, 11) is 2.90. The van der Waals surface area contributed by atoms with Crippen molar-refractivity contribution in [3.05, 3.63) is 40.4 Å². The Bertz CT molecular complexity index is 580. The van der Waals surface area contributed by atoms with Gasteiger partial charge < -0.3 is 9.47 Å². The fourth-order valence-corrected chi connectivity index (χ4v) is 1.82. The molecule has 5 heteroatoms. The minimum atomic E-state index is -0.478. The van der Waals surface area contributed by atoms with Crippen LogP contribution >= 0.6 is 0 Å². The van der Waals surface area contributed by atoms with Gasteiger partial charge in [0.1, 0.15) is 5.75 Å². The van der Waals surface area contributed by atoms with E-state index in [0.717, 1.165) is 5.39 Å². The first-order valence-electron chi connectivity index (χ1n) is 4.97. The number of hydrogen-bond donors (Lipinski definition) is 0. The van der Waals surface area contributed by atoms with Crippen LogP contribution in [0.1, 0.15) is 0 Å². The number of hydrogen-bond acceptors (Lipinski definition) is 4. The maximum Gasteiger partial charge on any atom is 0.315 e. The van der Waals surface area contributed by atoms with E-state index in [1.807, 2.05) is 12.1 Å². The van der Waals surface area contributed by atoms with Crippen LogP contribution in [0.2, 0.25) is 0 Å². The van der Waals surface area contributed by atoms with Crippen LogP contribution in [0.3, 0.4) is 0 Å². The topological polar surface area (TPSA) is 61.6 Å². The van der Waals surface area contributed by atoms with Crippen molar-refractivity contribution in [3.8, 4) is 11.5 Å². The summed E-state index contributed by atoms with van der Waals surface area (Å²) in [6, 6.07) is 8.62. The van der Waals surface area contributed by atoms with Gasteiger partial charge in [-0.15, -0.1) is 0 Å². The van der Waals surface area contributed by atoms with Crippen LogP contribution in [0.4, 0.5) is 5.69 Å². The predicted molar refractivity (Wildman–Crippen MR) is 63.7 cm³/mol. The monoisotopic (exact) mass is 233 g/mol. The Morgan fingerprint density at radius 1 is 1.12 bits per heavy atom. The molecule has 0 bridgehead atoms. The van der Waals surface area contributed by atoms with Crippen molar-refractivity contribution in [1.29, 1.82) is 0 Å². The zero-order valence-electron chi connectivity index (χ0n) is 9.47. The number of fused-ring (bicyclic) bond motifs is 1. The lowest BCUT2D eigenvalue weighted by Gasteiger charge is -2.09. The van der Waals surface area contributed by atoms with E-state index >= 15 is 0 Å². The molecule has 17 heavy (non-hydrogen) atoms. The van der Waals surface area contributed by atoms with E-state index in [1.54, 1.807) is 12.1 Å². The molecule has 0 unspecified atom stereocenters. The van der Waals surface area contributed by atoms with E-state index in [1.165, 1.54) is 20.3 Å². The summed E-state index contributed by atoms with van der Waals surface area (Å²) in [6.45, 7) is 0. The van der Waals surface area contributed by atoms with E-state index in [-0.39, 0.29) is 11.4 Å². The second-order valence-corrected chi connectivity index (χ2v) is 3.43. The van der Waals surface area contributed by atoms with Gasteiger partial charge in [0.05, 0.1) is 25.2 Å². The molecule has 0 spiro atoms. The van der Waals surface area contributed by atoms with Gasteiger partial charge in [0.15, 0.2) is 0 Å². The van der Waals surface area contributed by atoms with E-state index in [2.05, 4.69) is 0 Å². The van der Waals surface area contributed by atoms with Crippen LogP contribution in [-0.2, 0) is 0 Å². The highest BCUT2D eigenvalue weighted by molar-refractivity contribution is 5.96. The number of nitro benzene ring substituents is 1. The lowest BCUT2D eigenvalue weighted by atomic mass is 10.1. The van der Waals surface area contributed by atoms with E-state index in [0.29, 0.717) is 11.1 Å². The molecule has 5 nitrogen and oxygen atoms in total. The Labute approximate surface area is 97.7 Å². The molecular weight excluding hydrogens is 222 g/mol. The van der Waals surface area contributed by atoms with Crippen LogP contribution in [0, 0.1) is 10.1 Å². The summed E-state index contributed by atoms with van der Waals surface area (Å²) < 4.78 is 10.3. The molecule has 2 rings (SSSR count). The second kappa shape index (κ2) is 4.29. The average Bonchev–Trinajstić information content (AvgIpc) is 2.36. The summed E-state index contributed by atoms with van der Waals surface area (Å²) in [5, 5.41) is 12.4. The summed E-state index contributed by atoms with van der Waals surface area (Å²) >= 11 is 0. The molecule has 0 heterocycles. The van der Waals surface area contributed by atoms with Crippen molar-refractivity contribution >= 4 is 16.5 Å². The van der Waals surface area contributed by atoms with Crippen molar-refractivity contribution in [2.75, 3.05) is 14.2 Å². The first kappa shape index (κ1) is 11.2. The van der Waals surface area contributed by atoms with Crippen LogP contribution < -0.4 is 9.47 Å². The summed E-state index contributed by atoms with van der Waals surface area (Å²) in [4.78, 5) is 10.5. The van der Waals surface area contributed by atoms with Gasteiger partial charge in [-0.05, 0) is 0 Å². The third-order valence-corrected chi connectivity index (χ3v) is 2.56. The highest BCUT2D eigenvalue weighted by atomic mass is 16.6. The van der Waals surface area contributed by atoms with Crippen molar-refractivity contribution < 1.29 is 14.4 Å². The molecule has 0 radical (unpaired) electrons. The number of rotatable bonds is 3. The normalized spacial score (nSPS) is 10.2. The molecule has 0 aromatic heterocycles. The Hall–Kier alpha value is -2.30. The Morgan fingerprint density at radius 2 is 1.76 bits per heavy atom. The number of benzene rings is 2. The molecule has 88 valence electrons. The lowest BCUT2D eigenvalue weighted by Crippen LogP contribution is -1.96. The number of nitrogens with zero attached hydrogens (tertiary/aromatic N) is 1. The van der Waals surface area contributed by atoms with Gasteiger partial charge in [-0.1, -0.05) is 24.3 Å². The zero-order valence-corrected chi connectivity index (χ0v) is 9.47. The first-order chi connectivity index (χ1) is 8.19. The molecule has 0 aliphatic carbocycles. The quantitative estimate of drug-likeness (QED) is 0.604. The first-order valence-corrected chi connectivity index (χ1v) is 4.97. The van der Waals surface area contributed by atoms with Crippen LogP contribution in [-0.4, -0.2) is 19.1 Å². The third-order valence-electron chi connectivity index (χ3n) is 2.56. The number of nitro groups is 1. The second-order valence-electron chi connectivity index (χ2n) is 3.43. The Balaban J connectivity index is 2.89. The van der Waals surface area contributed by atoms with E-state index < -0.39 is 4.92 Å². The van der Waals surface area contributed by atoms with Crippen molar-refractivity contribution in [2.24, 2.45) is 0 Å². The van der Waals surface area contributed by atoms with Gasteiger partial charge in [-0.3, -0.25) is 10.1 Å². The molecule has 0 saturated heterocycles. The summed E-state index contributed by atoms with van der Waals surface area (Å²) in [5.41, 5.74) is -0.0944. The number of ether oxygens (including phenoxy) is 2. The fourth-order valence-electron chi connectivity index (χ4n) is 1.82. The SMILES string of the molecule is COc1cc([N+](=O)[O-])c(OC)c2ccccc12. The van der Waals surface area contributed by atoms with Gasteiger partial charge in [0, 0.05) is 10.8 Å². The molecule has 0 N–H and O–H groups in total. The highest BCUT2D eigenvalue weighted by Gasteiger charge is 2.21. The molecular formula is C12H11NO4. The standard InChI is InChI=1S/C12H11NO4/c1-16-11-7-10(13(14)15)12(17-2)9-6-4-3-5-8(9)11/h3-7H,1-2H3. The molecule has 0 atom stereocenters. The number of methoxy groups -OCH3 is 2. The van der Waals surface area contributed by atoms with Crippen LogP contribution in [0.25, 0.3) is 10.8 Å². The largest absolute Gasteiger partial charge is 0.496 e. The smallest absolute Gasteiger partial charge is 0.315 e. The van der Waals surface area contributed by atoms with Gasteiger partial charge in [-0.2, -0.15) is 0 Å². The molecule has 0 aliphatic heterocycles. The maximum absolute atomic E-state index is 11.0. The van der Waals surface area contributed by atoms with Gasteiger partial charge >= 0.3 is 5.69 Å². The van der Waals surface area contributed by atoms with Crippen molar-refractivity contribution in [3.63, 3.8) is 0 Å². The molecule has 2 aromatic carbocycles. The van der Waals surface area contributed by atoms with E-state index in [9.17, 15) is 10.1 Å². The highest BCUT2D eigenvalue weighted by Crippen LogP contribution is 2.40. The molecule has 0 saturated carbocycles. The average molecular weight is 233 g/mol. The van der Waals surface area contributed by atoms with Gasteiger partial charge in [0.25, 0.3) is 0 Å². The lowest BCUT2D eigenvalue weighted by molar-refractivity contribution is -0.385. The minimum Gasteiger partial charge on any atom is -0.496 e. The summed E-state index contributed by atoms with van der Waals surface area (Å²) in [5.74, 6) is 0.722. The molecule has 2 aromatic rings. The molecule has 0 aliphatic rings. The van der Waals surface area contributed by atoms with Crippen LogP contribution in [0.15, 0.2) is 30.3 Å². The Morgan fingerprint density at radius 3 is 2.29 bits per heavy atom. The third kappa shape index (κ3) is 1.75. The van der Waals surface area contributed by atoms with Gasteiger partial charge in [-0.25, -0.2) is 0 Å². The minimum absolute atomic E-state index is 0.0944. The maximum atomic E-state index is 11.0. The molecule has 0 amide bonds. The van der Waals surface area contributed by atoms with Crippen molar-refractivity contribution in [2.45, 2.75) is 0 Å². The van der Waals surface area contributed by atoms with Crippen LogP contribution in [0.5, 0.6) is 11.5 Å². The Kier molecular flexibility index (Phi) is 2.82. The fraction of sp³-hybridized carbons (Fsp3) is 0.167. The van der Waals surface area contributed by atoms with Crippen molar-refractivity contribution in [1.82, 2.24) is 0 Å². The van der Waals surface area contributed by atoms with Gasteiger partial charge in [0.2, 0.25) is 5.75 Å².